The molecule has 15 heteroatoms. The number of hydrogen-bond donors (Lipinski definition) is 2. The lowest BCUT2D eigenvalue weighted by molar-refractivity contribution is -0.145. The minimum absolute atomic E-state index is 0.0616. The first-order valence-corrected chi connectivity index (χ1v) is 23.5. The molecule has 2 atom stereocenters. The number of aliphatic carboxylic acids is 1. The first-order chi connectivity index (χ1) is 27.0. The third-order valence-electron chi connectivity index (χ3n) is 9.88. The van der Waals surface area contributed by atoms with E-state index >= 15 is 0 Å². The lowest BCUT2D eigenvalue weighted by Crippen LogP contribution is -2.43. The number of carbonyl (C=O) groups is 1. The van der Waals surface area contributed by atoms with E-state index in [0.29, 0.717) is 53.3 Å². The molecule has 0 aliphatic carbocycles. The van der Waals surface area contributed by atoms with Crippen molar-refractivity contribution in [3.63, 3.8) is 0 Å². The number of fused-ring (bicyclic) bond motifs is 1. The predicted molar refractivity (Wildman–Crippen MR) is 233 cm³/mol. The van der Waals surface area contributed by atoms with Gasteiger partial charge in [-0.05, 0) is 88.4 Å². The van der Waals surface area contributed by atoms with Gasteiger partial charge in [-0.15, -0.1) is 17.9 Å². The minimum atomic E-state index is -2.24. The highest BCUT2D eigenvalue weighted by molar-refractivity contribution is 9.11. The van der Waals surface area contributed by atoms with Gasteiger partial charge >= 0.3 is 5.97 Å². The van der Waals surface area contributed by atoms with Crippen LogP contribution in [0.1, 0.15) is 43.0 Å². The van der Waals surface area contributed by atoms with Gasteiger partial charge in [0.2, 0.25) is 20.3 Å². The van der Waals surface area contributed by atoms with E-state index in [1.54, 1.807) is 6.08 Å². The van der Waals surface area contributed by atoms with E-state index in [-0.39, 0.29) is 59.6 Å². The molecule has 2 N–H and O–H groups in total. The normalized spacial score (nSPS) is 13.0. The van der Waals surface area contributed by atoms with Crippen LogP contribution in [0, 0.1) is 13.8 Å². The molecule has 0 aliphatic heterocycles. The number of ether oxygens (including phenoxy) is 4. The van der Waals surface area contributed by atoms with Crippen LogP contribution in [0.5, 0.6) is 23.1 Å². The Bertz CT molecular complexity index is 2200. The summed E-state index contributed by atoms with van der Waals surface area (Å²) >= 11 is 19.0. The number of carboxylic acids is 1. The Kier molecular flexibility index (Phi) is 14.7. The Hall–Kier alpha value is -3.69. The second kappa shape index (κ2) is 18.9. The summed E-state index contributed by atoms with van der Waals surface area (Å²) in [5.74, 6) is 0.214. The van der Waals surface area contributed by atoms with Gasteiger partial charge in [-0.2, -0.15) is 0 Å². The summed E-state index contributed by atoms with van der Waals surface area (Å²) in [4.78, 5) is 22.6. The lowest BCUT2D eigenvalue weighted by atomic mass is 9.95. The standard InChI is InChI=1S/C42H47BrCl2N2O8SSi/c1-9-17-51-22-29(20-48)53-37-35(44)24(2)32(25(3)36(37)45)33-34-39(46-23-47-40(34)56-38(33)43)54-31(41(49)50)19-27-18-28(55-57(7,8)42(4,5)6)15-16-30(27)52-21-26-13-11-10-12-14-26/h9-16,18,23,29,31,48H,1,17,19-22H2,2-8H3,(H,49,50)/t29-,31?/m0/s1. The maximum atomic E-state index is 13.1. The summed E-state index contributed by atoms with van der Waals surface area (Å²) in [5.41, 5.74) is 4.11. The fourth-order valence-corrected chi connectivity index (χ4v) is 9.06. The number of nitrogens with zero attached hydrogens (tertiary/aromatic N) is 2. The highest BCUT2D eigenvalue weighted by Crippen LogP contribution is 2.52. The van der Waals surface area contributed by atoms with Gasteiger partial charge in [0.15, 0.2) is 5.75 Å². The summed E-state index contributed by atoms with van der Waals surface area (Å²) in [7, 11) is -2.24. The first kappa shape index (κ1) is 44.4. The van der Waals surface area contributed by atoms with E-state index in [1.165, 1.54) is 17.7 Å². The van der Waals surface area contributed by atoms with Crippen LogP contribution in [-0.4, -0.2) is 66.5 Å². The summed E-state index contributed by atoms with van der Waals surface area (Å²) < 4.78 is 31.5. The van der Waals surface area contributed by atoms with Gasteiger partial charge in [0.25, 0.3) is 0 Å². The molecular weight excluding hydrogens is 871 g/mol. The van der Waals surface area contributed by atoms with Crippen LogP contribution in [0.2, 0.25) is 28.2 Å². The third-order valence-corrected chi connectivity index (χ3v) is 16.9. The average Bonchev–Trinajstić information content (AvgIpc) is 3.50. The molecule has 3 aromatic carbocycles. The van der Waals surface area contributed by atoms with Crippen molar-refractivity contribution in [2.75, 3.05) is 19.8 Å². The van der Waals surface area contributed by atoms with Crippen molar-refractivity contribution in [1.29, 1.82) is 0 Å². The summed E-state index contributed by atoms with van der Waals surface area (Å²) in [6, 6.07) is 15.3. The van der Waals surface area contributed by atoms with E-state index < -0.39 is 26.5 Å². The molecule has 304 valence electrons. The second-order valence-corrected chi connectivity index (χ2v) is 22.8. The lowest BCUT2D eigenvalue weighted by Gasteiger charge is -2.36. The Morgan fingerprint density at radius 3 is 2.33 bits per heavy atom. The van der Waals surface area contributed by atoms with E-state index in [0.717, 1.165) is 5.56 Å². The van der Waals surface area contributed by atoms with Gasteiger partial charge in [0.1, 0.15) is 35.4 Å². The molecular formula is C42H47BrCl2N2O8SSi. The fraction of sp³-hybridized carbons (Fsp3) is 0.357. The highest BCUT2D eigenvalue weighted by atomic mass is 79.9. The van der Waals surface area contributed by atoms with Crippen LogP contribution in [0.25, 0.3) is 21.3 Å². The summed E-state index contributed by atoms with van der Waals surface area (Å²) in [5, 5.41) is 21.5. The van der Waals surface area contributed by atoms with Gasteiger partial charge in [-0.3, -0.25) is 0 Å². The zero-order chi connectivity index (χ0) is 41.7. The van der Waals surface area contributed by atoms with Crippen molar-refractivity contribution in [1.82, 2.24) is 9.97 Å². The van der Waals surface area contributed by atoms with Crippen LogP contribution in [0.4, 0.5) is 0 Å². The van der Waals surface area contributed by atoms with Crippen molar-refractivity contribution < 1.29 is 38.4 Å². The number of thiophene rings is 1. The zero-order valence-corrected chi connectivity index (χ0v) is 37.9. The molecule has 0 saturated heterocycles. The quantitative estimate of drug-likeness (QED) is 0.0498. The Labute approximate surface area is 357 Å². The van der Waals surface area contributed by atoms with Gasteiger partial charge < -0.3 is 33.6 Å². The van der Waals surface area contributed by atoms with Gasteiger partial charge in [-0.25, -0.2) is 14.8 Å². The molecule has 1 unspecified atom stereocenters. The molecule has 2 heterocycles. The fourth-order valence-electron chi connectivity index (χ4n) is 5.80. The van der Waals surface area contributed by atoms with Gasteiger partial charge in [0.05, 0.1) is 39.0 Å². The van der Waals surface area contributed by atoms with Crippen molar-refractivity contribution in [2.24, 2.45) is 0 Å². The van der Waals surface area contributed by atoms with Gasteiger partial charge in [0, 0.05) is 17.5 Å². The monoisotopic (exact) mass is 916 g/mol. The number of aromatic nitrogens is 2. The van der Waals surface area contributed by atoms with Crippen LogP contribution in [0.15, 0.2) is 71.3 Å². The second-order valence-electron chi connectivity index (χ2n) is 15.0. The molecule has 5 rings (SSSR count). The van der Waals surface area contributed by atoms with Crippen LogP contribution in [-0.2, 0) is 22.6 Å². The molecule has 0 radical (unpaired) electrons. The topological polar surface area (TPSA) is 129 Å². The summed E-state index contributed by atoms with van der Waals surface area (Å²) in [6.45, 7) is 18.4. The van der Waals surface area contributed by atoms with E-state index in [2.05, 4.69) is 66.3 Å². The number of hydrogen-bond acceptors (Lipinski definition) is 10. The first-order valence-electron chi connectivity index (χ1n) is 18.2. The van der Waals surface area contributed by atoms with Crippen molar-refractivity contribution in [3.05, 3.63) is 104 Å². The minimum Gasteiger partial charge on any atom is -0.543 e. The van der Waals surface area contributed by atoms with E-state index in [4.69, 9.17) is 46.6 Å². The molecule has 0 spiro atoms. The number of aliphatic hydroxyl groups is 1. The number of halogens is 3. The number of carboxylic acid groups (broad SMARTS) is 1. The molecule has 57 heavy (non-hydrogen) atoms. The van der Waals surface area contributed by atoms with Crippen molar-refractivity contribution in [3.8, 4) is 34.3 Å². The number of aliphatic hydroxyl groups excluding tert-OH is 1. The van der Waals surface area contributed by atoms with Crippen LogP contribution >= 0.6 is 50.5 Å². The maximum Gasteiger partial charge on any atom is 0.345 e. The molecule has 0 aliphatic rings. The molecule has 5 aromatic rings. The van der Waals surface area contributed by atoms with Gasteiger partial charge in [-0.1, -0.05) is 80.4 Å². The zero-order valence-electron chi connectivity index (χ0n) is 33.0. The molecule has 10 nitrogen and oxygen atoms in total. The van der Waals surface area contributed by atoms with Crippen LogP contribution < -0.4 is 18.6 Å². The Morgan fingerprint density at radius 2 is 1.72 bits per heavy atom. The molecule has 0 bridgehead atoms. The summed E-state index contributed by atoms with van der Waals surface area (Å²) in [6.07, 6.45) is 0.753. The smallest absolute Gasteiger partial charge is 0.345 e. The SMILES string of the molecule is C=CCOC[C@H](CO)Oc1c(Cl)c(C)c(-c2c(Br)sc3ncnc(OC(Cc4cc(O[Si](C)(C)C(C)(C)C)ccc4OCc4ccccc4)C(=O)O)c23)c(C)c1Cl. The average molecular weight is 919 g/mol. The molecule has 0 fully saturated rings. The number of rotatable bonds is 18. The van der Waals surface area contributed by atoms with Crippen molar-refractivity contribution >= 4 is 75.0 Å². The van der Waals surface area contributed by atoms with E-state index in [9.17, 15) is 15.0 Å². The van der Waals surface area contributed by atoms with Crippen molar-refractivity contribution in [2.45, 2.75) is 78.0 Å². The third kappa shape index (κ3) is 10.3. The van der Waals surface area contributed by atoms with E-state index in [1.807, 2.05) is 62.4 Å². The Morgan fingerprint density at radius 1 is 1.04 bits per heavy atom. The Balaban J connectivity index is 1.55. The number of benzene rings is 3. The van der Waals surface area contributed by atoms with Crippen LogP contribution in [0.3, 0.4) is 0 Å². The maximum absolute atomic E-state index is 13.1. The molecule has 0 amide bonds. The highest BCUT2D eigenvalue weighted by Gasteiger charge is 2.39. The molecule has 2 aromatic heterocycles. The predicted octanol–water partition coefficient (Wildman–Crippen LogP) is 11.0. The molecule has 0 saturated carbocycles. The largest absolute Gasteiger partial charge is 0.543 e.